The first kappa shape index (κ1) is 15.0. The van der Waals surface area contributed by atoms with Crippen LogP contribution in [0.4, 0.5) is 5.69 Å². The summed E-state index contributed by atoms with van der Waals surface area (Å²) < 4.78 is 0. The summed E-state index contributed by atoms with van der Waals surface area (Å²) in [7, 11) is 0. The van der Waals surface area contributed by atoms with Crippen molar-refractivity contribution in [1.29, 1.82) is 5.26 Å². The van der Waals surface area contributed by atoms with Gasteiger partial charge in [0.15, 0.2) is 5.78 Å². The molecule has 1 fully saturated rings. The fourth-order valence-corrected chi connectivity index (χ4v) is 2.67. The van der Waals surface area contributed by atoms with Crippen LogP contribution < -0.4 is 10.6 Å². The molecule has 0 radical (unpaired) electrons. The van der Waals surface area contributed by atoms with Gasteiger partial charge < -0.3 is 10.6 Å². The van der Waals surface area contributed by atoms with Gasteiger partial charge in [0.1, 0.15) is 5.54 Å². The Bertz CT molecular complexity index is 583. The normalized spacial score (nSPS) is 16.0. The van der Waals surface area contributed by atoms with Gasteiger partial charge in [-0.05, 0) is 44.7 Å². The number of Topliss-reactive ketones (excluding diaryl/α,β-unsaturated/α-hetero) is 1. The molecule has 1 aliphatic carbocycles. The van der Waals surface area contributed by atoms with Gasteiger partial charge in [-0.15, -0.1) is 0 Å². The van der Waals surface area contributed by atoms with Crippen LogP contribution in [0.5, 0.6) is 0 Å². The van der Waals surface area contributed by atoms with Crippen LogP contribution in [-0.2, 0) is 4.79 Å². The molecule has 0 bridgehead atoms. The van der Waals surface area contributed by atoms with Crippen LogP contribution in [0.15, 0.2) is 24.3 Å². The Balaban J connectivity index is 1.96. The zero-order chi connectivity index (χ0) is 15.3. The lowest BCUT2D eigenvalue weighted by molar-refractivity contribution is -0.120. The average Bonchev–Trinajstić information content (AvgIpc) is 2.94. The lowest BCUT2D eigenvalue weighted by Gasteiger charge is -2.22. The Hall–Kier alpha value is -2.35. The molecule has 110 valence electrons. The predicted octanol–water partition coefficient (Wildman–Crippen LogP) is 2.25. The maximum absolute atomic E-state index is 12.0. The highest BCUT2D eigenvalue weighted by Gasteiger charge is 2.35. The second-order valence-corrected chi connectivity index (χ2v) is 5.40. The van der Waals surface area contributed by atoms with E-state index in [-0.39, 0.29) is 18.2 Å². The van der Waals surface area contributed by atoms with E-state index in [0.29, 0.717) is 24.1 Å². The van der Waals surface area contributed by atoms with Gasteiger partial charge >= 0.3 is 0 Å². The molecule has 1 aliphatic rings. The number of carbonyl (C=O) groups is 2. The molecule has 2 rings (SSSR count). The van der Waals surface area contributed by atoms with Crippen molar-refractivity contribution < 1.29 is 9.59 Å². The van der Waals surface area contributed by atoms with Crippen molar-refractivity contribution in [3.8, 4) is 6.07 Å². The van der Waals surface area contributed by atoms with Crippen molar-refractivity contribution in [3.05, 3.63) is 29.8 Å². The first-order valence-corrected chi connectivity index (χ1v) is 7.12. The van der Waals surface area contributed by atoms with Gasteiger partial charge in [-0.25, -0.2) is 0 Å². The second kappa shape index (κ2) is 6.40. The van der Waals surface area contributed by atoms with Gasteiger partial charge in [-0.3, -0.25) is 9.59 Å². The molecule has 5 nitrogen and oxygen atoms in total. The number of nitrogens with one attached hydrogen (secondary N) is 2. The highest BCUT2D eigenvalue weighted by Crippen LogP contribution is 2.28. The minimum atomic E-state index is -0.709. The van der Waals surface area contributed by atoms with E-state index in [4.69, 9.17) is 0 Å². The summed E-state index contributed by atoms with van der Waals surface area (Å²) in [5.74, 6) is -0.278. The second-order valence-electron chi connectivity index (χ2n) is 5.40. The maximum Gasteiger partial charge on any atom is 0.240 e. The molecule has 0 heterocycles. The van der Waals surface area contributed by atoms with Crippen molar-refractivity contribution in [2.75, 3.05) is 11.9 Å². The fourth-order valence-electron chi connectivity index (χ4n) is 2.67. The molecule has 1 aromatic rings. The van der Waals surface area contributed by atoms with Crippen molar-refractivity contribution in [1.82, 2.24) is 5.32 Å². The van der Waals surface area contributed by atoms with Crippen LogP contribution in [0.25, 0.3) is 0 Å². The quantitative estimate of drug-likeness (QED) is 0.813. The third-order valence-electron chi connectivity index (χ3n) is 3.80. The van der Waals surface area contributed by atoms with Crippen molar-refractivity contribution in [2.24, 2.45) is 0 Å². The number of ketones is 1. The molecule has 0 atom stereocenters. The van der Waals surface area contributed by atoms with E-state index in [1.165, 1.54) is 6.92 Å². The Labute approximate surface area is 124 Å². The van der Waals surface area contributed by atoms with E-state index >= 15 is 0 Å². The highest BCUT2D eigenvalue weighted by molar-refractivity contribution is 6.00. The largest absolute Gasteiger partial charge is 0.376 e. The summed E-state index contributed by atoms with van der Waals surface area (Å²) in [5.41, 5.74) is 0.484. The van der Waals surface area contributed by atoms with Crippen LogP contribution in [0.1, 0.15) is 43.0 Å². The molecule has 0 aliphatic heterocycles. The number of carbonyl (C=O) groups excluding carboxylic acids is 2. The Kier molecular flexibility index (Phi) is 4.59. The van der Waals surface area contributed by atoms with E-state index in [9.17, 15) is 14.9 Å². The van der Waals surface area contributed by atoms with Crippen LogP contribution in [0.3, 0.4) is 0 Å². The van der Waals surface area contributed by atoms with Gasteiger partial charge in [0.05, 0.1) is 12.6 Å². The number of hydrogen-bond acceptors (Lipinski definition) is 4. The summed E-state index contributed by atoms with van der Waals surface area (Å²) in [5, 5.41) is 15.0. The number of benzene rings is 1. The van der Waals surface area contributed by atoms with Crippen LogP contribution in [0, 0.1) is 11.3 Å². The summed E-state index contributed by atoms with van der Waals surface area (Å²) in [6.45, 7) is 1.54. The topological polar surface area (TPSA) is 82.0 Å². The third-order valence-corrected chi connectivity index (χ3v) is 3.80. The number of para-hydroxylation sites is 1. The van der Waals surface area contributed by atoms with Crippen LogP contribution in [-0.4, -0.2) is 23.8 Å². The van der Waals surface area contributed by atoms with Gasteiger partial charge in [-0.2, -0.15) is 5.26 Å². The molecular weight excluding hydrogens is 266 g/mol. The monoisotopic (exact) mass is 285 g/mol. The van der Waals surface area contributed by atoms with E-state index in [2.05, 4.69) is 16.7 Å². The Morgan fingerprint density at radius 3 is 2.57 bits per heavy atom. The third kappa shape index (κ3) is 3.60. The van der Waals surface area contributed by atoms with Gasteiger partial charge in [0.2, 0.25) is 5.91 Å². The number of anilines is 1. The molecule has 2 N–H and O–H groups in total. The average molecular weight is 285 g/mol. The van der Waals surface area contributed by atoms with Crippen molar-refractivity contribution >= 4 is 17.4 Å². The molecule has 0 spiro atoms. The number of rotatable bonds is 5. The van der Waals surface area contributed by atoms with Crippen molar-refractivity contribution in [3.63, 3.8) is 0 Å². The Morgan fingerprint density at radius 1 is 1.29 bits per heavy atom. The number of amides is 1. The van der Waals surface area contributed by atoms with E-state index in [1.807, 2.05) is 0 Å². The minimum absolute atomic E-state index is 0.0493. The first-order valence-electron chi connectivity index (χ1n) is 7.12. The maximum atomic E-state index is 12.0. The molecule has 21 heavy (non-hydrogen) atoms. The summed E-state index contributed by atoms with van der Waals surface area (Å²) in [6.07, 6.45) is 3.35. The molecule has 1 saturated carbocycles. The molecule has 1 aromatic carbocycles. The SMILES string of the molecule is CC(=O)c1ccccc1NCC(=O)NC1(C#N)CCCC1. The lowest BCUT2D eigenvalue weighted by atomic mass is 10.00. The molecule has 5 heteroatoms. The Morgan fingerprint density at radius 2 is 1.95 bits per heavy atom. The van der Waals surface area contributed by atoms with Gasteiger partial charge in [0.25, 0.3) is 0 Å². The van der Waals surface area contributed by atoms with E-state index < -0.39 is 5.54 Å². The predicted molar refractivity (Wildman–Crippen MR) is 79.9 cm³/mol. The lowest BCUT2D eigenvalue weighted by Crippen LogP contribution is -2.47. The molecule has 1 amide bonds. The van der Waals surface area contributed by atoms with E-state index in [1.54, 1.807) is 24.3 Å². The first-order chi connectivity index (χ1) is 10.1. The zero-order valence-electron chi connectivity index (χ0n) is 12.1. The van der Waals surface area contributed by atoms with Gasteiger partial charge in [0, 0.05) is 11.3 Å². The van der Waals surface area contributed by atoms with Crippen molar-refractivity contribution in [2.45, 2.75) is 38.1 Å². The van der Waals surface area contributed by atoms with Crippen LogP contribution in [0.2, 0.25) is 0 Å². The van der Waals surface area contributed by atoms with E-state index in [0.717, 1.165) is 12.8 Å². The summed E-state index contributed by atoms with van der Waals surface area (Å²) in [6, 6.07) is 9.29. The molecule has 0 saturated heterocycles. The highest BCUT2D eigenvalue weighted by atomic mass is 16.2. The standard InChI is InChI=1S/C16H19N3O2/c1-12(20)13-6-2-3-7-14(13)18-10-15(21)19-16(11-17)8-4-5-9-16/h2-3,6-7,18H,4-5,8-10H2,1H3,(H,19,21). The fraction of sp³-hybridized carbons (Fsp3) is 0.438. The number of hydrogen-bond donors (Lipinski definition) is 2. The van der Waals surface area contributed by atoms with Gasteiger partial charge in [-0.1, -0.05) is 12.1 Å². The molecule has 0 unspecified atom stereocenters. The molecular formula is C16H19N3O2. The van der Waals surface area contributed by atoms with Crippen LogP contribution >= 0.6 is 0 Å². The summed E-state index contributed by atoms with van der Waals surface area (Å²) >= 11 is 0. The summed E-state index contributed by atoms with van der Waals surface area (Å²) in [4.78, 5) is 23.5. The zero-order valence-corrected chi connectivity index (χ0v) is 12.1. The smallest absolute Gasteiger partial charge is 0.240 e. The minimum Gasteiger partial charge on any atom is -0.376 e. The number of nitriles is 1. The molecule has 0 aromatic heterocycles. The number of nitrogens with zero attached hydrogens (tertiary/aromatic N) is 1.